The van der Waals surface area contributed by atoms with Crippen LogP contribution in [0.1, 0.15) is 23.2 Å². The summed E-state index contributed by atoms with van der Waals surface area (Å²) < 4.78 is 47.6. The number of rotatable bonds is 8. The Hall–Kier alpha value is -3.08. The van der Waals surface area contributed by atoms with Crippen LogP contribution in [0.4, 0.5) is 13.2 Å². The normalized spacial score (nSPS) is 10.8. The number of benzene rings is 2. The lowest BCUT2D eigenvalue weighted by Crippen LogP contribution is -2.01. The second-order valence-corrected chi connectivity index (χ2v) is 6.79. The minimum Gasteiger partial charge on any atom is -0.490 e. The fourth-order valence-electron chi connectivity index (χ4n) is 2.91. The van der Waals surface area contributed by atoms with E-state index >= 15 is 0 Å². The van der Waals surface area contributed by atoms with Crippen LogP contribution in [-0.4, -0.2) is 11.6 Å². The molecule has 0 spiro atoms. The van der Waals surface area contributed by atoms with E-state index in [1.165, 1.54) is 24.4 Å². The molecule has 0 bridgehead atoms. The average molecular weight is 397 g/mol. The Morgan fingerprint density at radius 3 is 2.52 bits per heavy atom. The molecule has 0 aliphatic carbocycles. The third-order valence-corrected chi connectivity index (χ3v) is 4.67. The van der Waals surface area contributed by atoms with Gasteiger partial charge in [-0.2, -0.15) is 4.39 Å². The lowest BCUT2D eigenvalue weighted by molar-refractivity contribution is 0.302. The molecule has 1 heterocycles. The highest BCUT2D eigenvalue weighted by Gasteiger charge is 2.16. The fraction of sp³-hybridized carbons (Fsp3) is 0.208. The molecule has 5 heteroatoms. The molecule has 2 nitrogen and oxygen atoms in total. The molecule has 3 aromatic rings. The van der Waals surface area contributed by atoms with Gasteiger partial charge < -0.3 is 4.74 Å². The van der Waals surface area contributed by atoms with Crippen molar-refractivity contribution in [2.24, 2.45) is 0 Å². The first-order chi connectivity index (χ1) is 14.0. The van der Waals surface area contributed by atoms with Crippen molar-refractivity contribution in [1.29, 1.82) is 0 Å². The number of pyridine rings is 1. The minimum atomic E-state index is -1.02. The summed E-state index contributed by atoms with van der Waals surface area (Å²) in [5.41, 5.74) is 2.89. The predicted molar refractivity (Wildman–Crippen MR) is 108 cm³/mol. The number of hydrogen-bond acceptors (Lipinski definition) is 2. The fourth-order valence-corrected chi connectivity index (χ4v) is 2.91. The van der Waals surface area contributed by atoms with Gasteiger partial charge >= 0.3 is 0 Å². The van der Waals surface area contributed by atoms with E-state index in [2.05, 4.69) is 11.6 Å². The molecular formula is C24H22F3NO. The highest BCUT2D eigenvalue weighted by atomic mass is 19.2. The van der Waals surface area contributed by atoms with Crippen LogP contribution in [0.15, 0.2) is 61.3 Å². The number of aryl methyl sites for hydroxylation is 3. The van der Waals surface area contributed by atoms with Crippen molar-refractivity contribution in [3.05, 3.63) is 95.6 Å². The Morgan fingerprint density at radius 2 is 1.83 bits per heavy atom. The van der Waals surface area contributed by atoms with E-state index in [0.29, 0.717) is 30.4 Å². The number of halogens is 3. The van der Waals surface area contributed by atoms with Crippen molar-refractivity contribution in [2.45, 2.75) is 26.2 Å². The molecule has 0 atom stereocenters. The molecule has 0 amide bonds. The van der Waals surface area contributed by atoms with E-state index < -0.39 is 11.6 Å². The molecule has 0 aliphatic heterocycles. The molecule has 150 valence electrons. The second kappa shape index (κ2) is 9.41. The van der Waals surface area contributed by atoms with E-state index in [4.69, 9.17) is 4.74 Å². The molecule has 0 saturated carbocycles. The van der Waals surface area contributed by atoms with Gasteiger partial charge in [-0.15, -0.1) is 6.58 Å². The summed E-state index contributed by atoms with van der Waals surface area (Å²) in [5, 5.41) is 0. The van der Waals surface area contributed by atoms with E-state index in [9.17, 15) is 13.2 Å². The van der Waals surface area contributed by atoms with E-state index in [1.807, 2.05) is 6.07 Å². The van der Waals surface area contributed by atoms with E-state index in [0.717, 1.165) is 11.3 Å². The maximum atomic E-state index is 14.5. The van der Waals surface area contributed by atoms with Crippen LogP contribution in [0.3, 0.4) is 0 Å². The highest BCUT2D eigenvalue weighted by Crippen LogP contribution is 2.29. The van der Waals surface area contributed by atoms with Gasteiger partial charge in [0.15, 0.2) is 11.6 Å². The Labute approximate surface area is 168 Å². The van der Waals surface area contributed by atoms with Crippen molar-refractivity contribution in [1.82, 2.24) is 4.98 Å². The SMILES string of the molecule is C=CCCOc1ccc(-c2ccc(CCc3ccc(C)c(F)c3)nc2)c(F)c1F. The van der Waals surface area contributed by atoms with Gasteiger partial charge in [0.25, 0.3) is 0 Å². The molecule has 0 aliphatic rings. The quantitative estimate of drug-likeness (QED) is 0.333. The maximum Gasteiger partial charge on any atom is 0.201 e. The summed E-state index contributed by atoms with van der Waals surface area (Å²) >= 11 is 0. The first-order valence-corrected chi connectivity index (χ1v) is 9.41. The van der Waals surface area contributed by atoms with Crippen LogP contribution in [0, 0.1) is 24.4 Å². The largest absolute Gasteiger partial charge is 0.490 e. The second-order valence-electron chi connectivity index (χ2n) is 6.79. The molecule has 0 N–H and O–H groups in total. The van der Waals surface area contributed by atoms with Gasteiger partial charge in [0.05, 0.1) is 6.61 Å². The van der Waals surface area contributed by atoms with Crippen LogP contribution < -0.4 is 4.74 Å². The standard InChI is InChI=1S/C24H22F3NO/c1-3-4-13-29-22-12-11-20(23(26)24(22)27)18-8-10-19(28-15-18)9-7-17-6-5-16(2)21(25)14-17/h3,5-6,8,10-12,14-15H,1,4,7,9,13H2,2H3. The van der Waals surface area contributed by atoms with E-state index in [1.54, 1.807) is 31.2 Å². The number of aromatic nitrogens is 1. The molecular weight excluding hydrogens is 375 g/mol. The third kappa shape index (κ3) is 5.05. The van der Waals surface area contributed by atoms with Crippen LogP contribution >= 0.6 is 0 Å². The van der Waals surface area contributed by atoms with Crippen LogP contribution in [0.25, 0.3) is 11.1 Å². The van der Waals surface area contributed by atoms with Crippen LogP contribution in [0.5, 0.6) is 5.75 Å². The zero-order valence-electron chi connectivity index (χ0n) is 16.2. The van der Waals surface area contributed by atoms with Gasteiger partial charge in [-0.1, -0.05) is 24.3 Å². The molecule has 3 rings (SSSR count). The molecule has 2 aromatic carbocycles. The lowest BCUT2D eigenvalue weighted by atomic mass is 10.0. The summed E-state index contributed by atoms with van der Waals surface area (Å²) in [5.74, 6) is -2.33. The van der Waals surface area contributed by atoms with Crippen LogP contribution in [-0.2, 0) is 12.8 Å². The summed E-state index contributed by atoms with van der Waals surface area (Å²) in [6, 6.07) is 11.5. The van der Waals surface area contributed by atoms with Gasteiger partial charge in [0, 0.05) is 23.0 Å². The monoisotopic (exact) mass is 397 g/mol. The Bertz CT molecular complexity index is 1000. The first-order valence-electron chi connectivity index (χ1n) is 9.41. The maximum absolute atomic E-state index is 14.5. The molecule has 0 radical (unpaired) electrons. The Balaban J connectivity index is 1.70. The Morgan fingerprint density at radius 1 is 1.00 bits per heavy atom. The predicted octanol–water partition coefficient (Wildman–Crippen LogP) is 6.21. The smallest absolute Gasteiger partial charge is 0.201 e. The number of ether oxygens (including phenoxy) is 1. The van der Waals surface area contributed by atoms with Crippen molar-refractivity contribution in [3.63, 3.8) is 0 Å². The molecule has 29 heavy (non-hydrogen) atoms. The number of nitrogens with zero attached hydrogens (tertiary/aromatic N) is 1. The van der Waals surface area contributed by atoms with Gasteiger partial charge in [-0.25, -0.2) is 8.78 Å². The topological polar surface area (TPSA) is 22.1 Å². The molecule has 0 fully saturated rings. The zero-order chi connectivity index (χ0) is 20.8. The van der Waals surface area contributed by atoms with Gasteiger partial charge in [0.2, 0.25) is 5.82 Å². The Kier molecular flexibility index (Phi) is 6.70. The van der Waals surface area contributed by atoms with Gasteiger partial charge in [-0.05, 0) is 61.6 Å². The highest BCUT2D eigenvalue weighted by molar-refractivity contribution is 5.64. The zero-order valence-corrected chi connectivity index (χ0v) is 16.2. The van der Waals surface area contributed by atoms with E-state index in [-0.39, 0.29) is 23.7 Å². The third-order valence-electron chi connectivity index (χ3n) is 4.67. The summed E-state index contributed by atoms with van der Waals surface area (Å²) in [6.45, 7) is 5.52. The van der Waals surface area contributed by atoms with Crippen molar-refractivity contribution < 1.29 is 17.9 Å². The molecule has 0 saturated heterocycles. The van der Waals surface area contributed by atoms with Gasteiger partial charge in [-0.3, -0.25) is 4.98 Å². The van der Waals surface area contributed by atoms with Crippen molar-refractivity contribution in [2.75, 3.05) is 6.61 Å². The first kappa shape index (κ1) is 20.6. The molecule has 0 unspecified atom stereocenters. The average Bonchev–Trinajstić information content (AvgIpc) is 2.73. The summed E-state index contributed by atoms with van der Waals surface area (Å²) in [4.78, 5) is 4.34. The number of hydrogen-bond donors (Lipinski definition) is 0. The molecule has 1 aromatic heterocycles. The summed E-state index contributed by atoms with van der Waals surface area (Å²) in [7, 11) is 0. The minimum absolute atomic E-state index is 0.122. The van der Waals surface area contributed by atoms with Crippen LogP contribution in [0.2, 0.25) is 0 Å². The summed E-state index contributed by atoms with van der Waals surface area (Å²) in [6.07, 6.45) is 4.97. The lowest BCUT2D eigenvalue weighted by Gasteiger charge is -2.10. The van der Waals surface area contributed by atoms with Crippen molar-refractivity contribution in [3.8, 4) is 16.9 Å². The van der Waals surface area contributed by atoms with Gasteiger partial charge in [0.1, 0.15) is 5.82 Å². The van der Waals surface area contributed by atoms with Crippen molar-refractivity contribution >= 4 is 0 Å².